The van der Waals surface area contributed by atoms with Gasteiger partial charge in [0.2, 0.25) is 0 Å². The molecule has 1 atom stereocenters. The molecule has 0 aromatic carbocycles. The van der Waals surface area contributed by atoms with E-state index in [1.807, 2.05) is 19.2 Å². The number of nitrogens with zero attached hydrogens (tertiary/aromatic N) is 2. The summed E-state index contributed by atoms with van der Waals surface area (Å²) < 4.78 is 5.23. The molecule has 1 aliphatic rings. The summed E-state index contributed by atoms with van der Waals surface area (Å²) in [6.45, 7) is 4.98. The highest BCUT2D eigenvalue weighted by Crippen LogP contribution is 2.27. The van der Waals surface area contributed by atoms with Crippen LogP contribution in [0, 0.1) is 5.92 Å². The van der Waals surface area contributed by atoms with E-state index in [0.717, 1.165) is 31.1 Å². The predicted molar refractivity (Wildman–Crippen MR) is 73.7 cm³/mol. The monoisotopic (exact) mass is 249 g/mol. The van der Waals surface area contributed by atoms with Crippen molar-refractivity contribution in [1.29, 1.82) is 0 Å². The lowest BCUT2D eigenvalue weighted by atomic mass is 9.97. The van der Waals surface area contributed by atoms with E-state index in [4.69, 9.17) is 10.5 Å². The number of rotatable bonds is 4. The lowest BCUT2D eigenvalue weighted by molar-refractivity contribution is 0.139. The zero-order valence-electron chi connectivity index (χ0n) is 11.3. The number of ether oxygens (including phenoxy) is 1. The first-order valence-electron chi connectivity index (χ1n) is 6.66. The smallest absolute Gasteiger partial charge is 0.133 e. The lowest BCUT2D eigenvalue weighted by Gasteiger charge is -2.34. The van der Waals surface area contributed by atoms with Gasteiger partial charge in [0, 0.05) is 44.6 Å². The quantitative estimate of drug-likeness (QED) is 0.886. The van der Waals surface area contributed by atoms with Gasteiger partial charge in [-0.3, -0.25) is 0 Å². The van der Waals surface area contributed by atoms with Crippen LogP contribution in [0.25, 0.3) is 0 Å². The van der Waals surface area contributed by atoms with Crippen LogP contribution in [-0.4, -0.2) is 31.8 Å². The van der Waals surface area contributed by atoms with Gasteiger partial charge in [0.15, 0.2) is 0 Å². The zero-order chi connectivity index (χ0) is 13.0. The summed E-state index contributed by atoms with van der Waals surface area (Å²) in [7, 11) is 1.78. The third kappa shape index (κ3) is 3.00. The van der Waals surface area contributed by atoms with Crippen LogP contribution in [0.3, 0.4) is 0 Å². The van der Waals surface area contributed by atoms with Gasteiger partial charge in [-0.05, 0) is 31.7 Å². The SMILES string of the molecule is COCC1CCN(c2ncccc2[C@H](C)N)CC1. The molecule has 2 rings (SSSR count). The highest BCUT2D eigenvalue weighted by atomic mass is 16.5. The summed E-state index contributed by atoms with van der Waals surface area (Å²) >= 11 is 0. The Labute approximate surface area is 109 Å². The van der Waals surface area contributed by atoms with Crippen molar-refractivity contribution in [1.82, 2.24) is 4.98 Å². The van der Waals surface area contributed by atoms with Crippen LogP contribution in [0.2, 0.25) is 0 Å². The Balaban J connectivity index is 2.05. The second kappa shape index (κ2) is 6.16. The molecule has 0 amide bonds. The standard InChI is InChI=1S/C14H23N3O/c1-11(15)13-4-3-7-16-14(13)17-8-5-12(6-9-17)10-18-2/h3-4,7,11-12H,5-6,8-10,15H2,1-2H3/t11-/m0/s1. The molecule has 0 radical (unpaired) electrons. The summed E-state index contributed by atoms with van der Waals surface area (Å²) in [5.41, 5.74) is 7.15. The first-order chi connectivity index (χ1) is 8.72. The minimum atomic E-state index is 0.0328. The van der Waals surface area contributed by atoms with Crippen molar-refractivity contribution in [3.63, 3.8) is 0 Å². The molecule has 1 aromatic rings. The van der Waals surface area contributed by atoms with Crippen molar-refractivity contribution in [2.45, 2.75) is 25.8 Å². The summed E-state index contributed by atoms with van der Waals surface area (Å²) in [4.78, 5) is 6.86. The van der Waals surface area contributed by atoms with Crippen LogP contribution < -0.4 is 10.6 Å². The van der Waals surface area contributed by atoms with E-state index in [0.29, 0.717) is 5.92 Å². The van der Waals surface area contributed by atoms with Gasteiger partial charge in [0.25, 0.3) is 0 Å². The van der Waals surface area contributed by atoms with Crippen molar-refractivity contribution >= 4 is 5.82 Å². The van der Waals surface area contributed by atoms with E-state index in [1.165, 1.54) is 12.8 Å². The molecule has 1 aliphatic heterocycles. The maximum Gasteiger partial charge on any atom is 0.133 e. The fraction of sp³-hybridized carbons (Fsp3) is 0.643. The number of anilines is 1. The van der Waals surface area contributed by atoms with Gasteiger partial charge >= 0.3 is 0 Å². The summed E-state index contributed by atoms with van der Waals surface area (Å²) in [6, 6.07) is 4.07. The van der Waals surface area contributed by atoms with E-state index in [9.17, 15) is 0 Å². The van der Waals surface area contributed by atoms with Gasteiger partial charge in [0.1, 0.15) is 5.82 Å². The molecule has 4 nitrogen and oxygen atoms in total. The normalized spacial score (nSPS) is 18.9. The van der Waals surface area contributed by atoms with E-state index in [2.05, 4.69) is 16.0 Å². The number of nitrogens with two attached hydrogens (primary N) is 1. The molecular weight excluding hydrogens is 226 g/mol. The average Bonchev–Trinajstić information content (AvgIpc) is 2.40. The Kier molecular flexibility index (Phi) is 4.55. The van der Waals surface area contributed by atoms with Gasteiger partial charge in [0.05, 0.1) is 0 Å². The molecule has 1 saturated heterocycles. The number of piperidine rings is 1. The van der Waals surface area contributed by atoms with Gasteiger partial charge in [-0.2, -0.15) is 0 Å². The Morgan fingerprint density at radius 2 is 2.22 bits per heavy atom. The molecule has 1 fully saturated rings. The third-order valence-electron chi connectivity index (χ3n) is 3.62. The minimum absolute atomic E-state index is 0.0328. The highest BCUT2D eigenvalue weighted by Gasteiger charge is 2.22. The van der Waals surface area contributed by atoms with Crippen molar-refractivity contribution in [3.8, 4) is 0 Å². The fourth-order valence-electron chi connectivity index (χ4n) is 2.58. The van der Waals surface area contributed by atoms with Crippen LogP contribution in [0.15, 0.2) is 18.3 Å². The number of methoxy groups -OCH3 is 1. The van der Waals surface area contributed by atoms with E-state index in [-0.39, 0.29) is 6.04 Å². The molecule has 4 heteroatoms. The first kappa shape index (κ1) is 13.3. The number of hydrogen-bond acceptors (Lipinski definition) is 4. The topological polar surface area (TPSA) is 51.4 Å². The maximum absolute atomic E-state index is 6.01. The molecule has 100 valence electrons. The van der Waals surface area contributed by atoms with E-state index < -0.39 is 0 Å². The molecule has 2 N–H and O–H groups in total. The Morgan fingerprint density at radius 1 is 1.50 bits per heavy atom. The average molecular weight is 249 g/mol. The maximum atomic E-state index is 6.01. The predicted octanol–water partition coefficient (Wildman–Crippen LogP) is 1.96. The largest absolute Gasteiger partial charge is 0.384 e. The molecular formula is C14H23N3O. The minimum Gasteiger partial charge on any atom is -0.384 e. The zero-order valence-corrected chi connectivity index (χ0v) is 11.3. The van der Waals surface area contributed by atoms with Gasteiger partial charge < -0.3 is 15.4 Å². The Morgan fingerprint density at radius 3 is 2.83 bits per heavy atom. The van der Waals surface area contributed by atoms with Gasteiger partial charge in [-0.25, -0.2) is 4.98 Å². The van der Waals surface area contributed by atoms with Crippen molar-refractivity contribution < 1.29 is 4.74 Å². The van der Waals surface area contributed by atoms with Crippen LogP contribution in [0.5, 0.6) is 0 Å². The number of hydrogen-bond donors (Lipinski definition) is 1. The highest BCUT2D eigenvalue weighted by molar-refractivity contribution is 5.48. The second-order valence-electron chi connectivity index (χ2n) is 5.09. The molecule has 0 aliphatic carbocycles. The third-order valence-corrected chi connectivity index (χ3v) is 3.62. The first-order valence-corrected chi connectivity index (χ1v) is 6.66. The van der Waals surface area contributed by atoms with Crippen LogP contribution in [0.4, 0.5) is 5.82 Å². The van der Waals surface area contributed by atoms with Crippen LogP contribution in [-0.2, 0) is 4.74 Å². The van der Waals surface area contributed by atoms with Crippen molar-refractivity contribution in [2.75, 3.05) is 31.7 Å². The lowest BCUT2D eigenvalue weighted by Crippen LogP contribution is -2.36. The number of pyridine rings is 1. The van der Waals surface area contributed by atoms with Crippen LogP contribution in [0.1, 0.15) is 31.4 Å². The Hall–Kier alpha value is -1.13. The molecule has 0 spiro atoms. The van der Waals surface area contributed by atoms with E-state index in [1.54, 1.807) is 7.11 Å². The summed E-state index contributed by atoms with van der Waals surface area (Å²) in [6.07, 6.45) is 4.19. The molecule has 18 heavy (non-hydrogen) atoms. The van der Waals surface area contributed by atoms with Crippen molar-refractivity contribution in [3.05, 3.63) is 23.9 Å². The van der Waals surface area contributed by atoms with Crippen LogP contribution >= 0.6 is 0 Å². The van der Waals surface area contributed by atoms with E-state index >= 15 is 0 Å². The molecule has 0 unspecified atom stereocenters. The number of aromatic nitrogens is 1. The van der Waals surface area contributed by atoms with Crippen molar-refractivity contribution in [2.24, 2.45) is 11.7 Å². The molecule has 1 aromatic heterocycles. The Bertz CT molecular complexity index is 373. The molecule has 0 bridgehead atoms. The van der Waals surface area contributed by atoms with Gasteiger partial charge in [-0.15, -0.1) is 0 Å². The second-order valence-corrected chi connectivity index (χ2v) is 5.09. The molecule has 0 saturated carbocycles. The summed E-state index contributed by atoms with van der Waals surface area (Å²) in [5, 5.41) is 0. The van der Waals surface area contributed by atoms with Gasteiger partial charge in [-0.1, -0.05) is 6.07 Å². The fourth-order valence-corrected chi connectivity index (χ4v) is 2.58. The molecule has 2 heterocycles. The summed E-state index contributed by atoms with van der Waals surface area (Å²) in [5.74, 6) is 1.75.